The molecule has 0 amide bonds. The van der Waals surface area contributed by atoms with Gasteiger partial charge < -0.3 is 10.6 Å². The standard InChI is InChI=1S/C15H19N3/c1-10-11(2)17-14-6-4-3-5-13(14)15(10)18-12-7-8-16-9-12/h3-6,12,16H,7-9H2,1-2H3,(H,17,18). The van der Waals surface area contributed by atoms with Gasteiger partial charge in [-0.2, -0.15) is 0 Å². The lowest BCUT2D eigenvalue weighted by atomic mass is 10.1. The van der Waals surface area contributed by atoms with Crippen LogP contribution in [0, 0.1) is 13.8 Å². The van der Waals surface area contributed by atoms with Crippen molar-refractivity contribution in [3.05, 3.63) is 35.5 Å². The van der Waals surface area contributed by atoms with E-state index in [0.717, 1.165) is 24.3 Å². The van der Waals surface area contributed by atoms with E-state index in [9.17, 15) is 0 Å². The molecule has 0 saturated carbocycles. The number of pyridine rings is 1. The molecule has 1 aromatic carbocycles. The Bertz CT molecular complexity index is 571. The molecular weight excluding hydrogens is 222 g/mol. The molecule has 1 aliphatic heterocycles. The van der Waals surface area contributed by atoms with Crippen LogP contribution in [0.3, 0.4) is 0 Å². The van der Waals surface area contributed by atoms with Gasteiger partial charge in [0.1, 0.15) is 0 Å². The summed E-state index contributed by atoms with van der Waals surface area (Å²) in [4.78, 5) is 4.65. The van der Waals surface area contributed by atoms with Crippen molar-refractivity contribution in [2.24, 2.45) is 0 Å². The Morgan fingerprint density at radius 3 is 2.89 bits per heavy atom. The highest BCUT2D eigenvalue weighted by atomic mass is 15.0. The van der Waals surface area contributed by atoms with Gasteiger partial charge in [0.15, 0.2) is 0 Å². The number of benzene rings is 1. The number of hydrogen-bond acceptors (Lipinski definition) is 3. The van der Waals surface area contributed by atoms with Gasteiger partial charge in [0.25, 0.3) is 0 Å². The lowest BCUT2D eigenvalue weighted by Gasteiger charge is -2.18. The van der Waals surface area contributed by atoms with Crippen LogP contribution in [0.15, 0.2) is 24.3 Å². The van der Waals surface area contributed by atoms with Crippen molar-refractivity contribution in [1.29, 1.82) is 0 Å². The van der Waals surface area contributed by atoms with Gasteiger partial charge in [-0.25, -0.2) is 0 Å². The van der Waals surface area contributed by atoms with Crippen LogP contribution in [0.5, 0.6) is 0 Å². The second-order valence-corrected chi connectivity index (χ2v) is 5.05. The highest BCUT2D eigenvalue weighted by Crippen LogP contribution is 2.28. The third-order valence-electron chi connectivity index (χ3n) is 3.79. The molecule has 2 N–H and O–H groups in total. The Labute approximate surface area is 108 Å². The number of fused-ring (bicyclic) bond motifs is 1. The van der Waals surface area contributed by atoms with Crippen LogP contribution in [0.4, 0.5) is 5.69 Å². The maximum Gasteiger partial charge on any atom is 0.0726 e. The summed E-state index contributed by atoms with van der Waals surface area (Å²) in [6.07, 6.45) is 1.19. The Hall–Kier alpha value is -1.61. The Kier molecular flexibility index (Phi) is 2.92. The first-order valence-electron chi connectivity index (χ1n) is 6.59. The molecule has 3 nitrogen and oxygen atoms in total. The van der Waals surface area contributed by atoms with E-state index in [2.05, 4.69) is 47.7 Å². The molecule has 3 heteroatoms. The molecule has 94 valence electrons. The fourth-order valence-corrected chi connectivity index (χ4v) is 2.60. The largest absolute Gasteiger partial charge is 0.380 e. The molecule has 0 bridgehead atoms. The number of para-hydroxylation sites is 1. The maximum absolute atomic E-state index is 4.65. The van der Waals surface area contributed by atoms with Crippen LogP contribution in [0.1, 0.15) is 17.7 Å². The van der Waals surface area contributed by atoms with E-state index < -0.39 is 0 Å². The van der Waals surface area contributed by atoms with Crippen molar-refractivity contribution in [2.75, 3.05) is 18.4 Å². The van der Waals surface area contributed by atoms with Gasteiger partial charge in [-0.15, -0.1) is 0 Å². The van der Waals surface area contributed by atoms with Crippen LogP contribution in [0.25, 0.3) is 10.9 Å². The molecule has 1 aliphatic rings. The summed E-state index contributed by atoms with van der Waals surface area (Å²) in [7, 11) is 0. The summed E-state index contributed by atoms with van der Waals surface area (Å²) in [6, 6.07) is 8.90. The second-order valence-electron chi connectivity index (χ2n) is 5.05. The van der Waals surface area contributed by atoms with Gasteiger partial charge in [0.2, 0.25) is 0 Å². The van der Waals surface area contributed by atoms with Gasteiger partial charge >= 0.3 is 0 Å². The molecule has 3 rings (SSSR count). The monoisotopic (exact) mass is 241 g/mol. The molecular formula is C15H19N3. The maximum atomic E-state index is 4.65. The van der Waals surface area contributed by atoms with Crippen molar-refractivity contribution in [2.45, 2.75) is 26.3 Å². The smallest absolute Gasteiger partial charge is 0.0726 e. The lowest BCUT2D eigenvalue weighted by molar-refractivity contribution is 0.793. The second kappa shape index (κ2) is 4.58. The van der Waals surface area contributed by atoms with Crippen LogP contribution >= 0.6 is 0 Å². The number of nitrogens with one attached hydrogen (secondary N) is 2. The molecule has 1 unspecified atom stereocenters. The van der Waals surface area contributed by atoms with Gasteiger partial charge in [-0.05, 0) is 38.4 Å². The van der Waals surface area contributed by atoms with Crippen molar-refractivity contribution in [3.63, 3.8) is 0 Å². The highest BCUT2D eigenvalue weighted by Gasteiger charge is 2.17. The molecule has 0 spiro atoms. The average Bonchev–Trinajstić information content (AvgIpc) is 2.88. The van der Waals surface area contributed by atoms with Crippen LogP contribution in [-0.2, 0) is 0 Å². The lowest BCUT2D eigenvalue weighted by Crippen LogP contribution is -2.23. The fraction of sp³-hybridized carbons (Fsp3) is 0.400. The van der Waals surface area contributed by atoms with E-state index in [1.807, 2.05) is 6.07 Å². The molecule has 1 atom stereocenters. The zero-order valence-corrected chi connectivity index (χ0v) is 11.0. The van der Waals surface area contributed by atoms with Crippen LogP contribution < -0.4 is 10.6 Å². The molecule has 0 radical (unpaired) electrons. The molecule has 1 saturated heterocycles. The van der Waals surface area contributed by atoms with E-state index in [1.54, 1.807) is 0 Å². The van der Waals surface area contributed by atoms with E-state index in [1.165, 1.54) is 23.1 Å². The molecule has 18 heavy (non-hydrogen) atoms. The summed E-state index contributed by atoms with van der Waals surface area (Å²) >= 11 is 0. The Morgan fingerprint density at radius 2 is 2.11 bits per heavy atom. The summed E-state index contributed by atoms with van der Waals surface area (Å²) in [5, 5.41) is 8.32. The van der Waals surface area contributed by atoms with Crippen molar-refractivity contribution < 1.29 is 0 Å². The molecule has 1 fully saturated rings. The molecule has 1 aromatic heterocycles. The summed E-state index contributed by atoms with van der Waals surface area (Å²) in [5.41, 5.74) is 4.71. The number of anilines is 1. The van der Waals surface area contributed by atoms with Crippen molar-refractivity contribution >= 4 is 16.6 Å². The first kappa shape index (κ1) is 11.5. The van der Waals surface area contributed by atoms with Crippen LogP contribution in [-0.4, -0.2) is 24.1 Å². The summed E-state index contributed by atoms with van der Waals surface area (Å²) in [5.74, 6) is 0. The van der Waals surface area contributed by atoms with Crippen LogP contribution in [0.2, 0.25) is 0 Å². The Morgan fingerprint density at radius 1 is 1.28 bits per heavy atom. The number of hydrogen-bond donors (Lipinski definition) is 2. The van der Waals surface area contributed by atoms with Gasteiger partial charge in [0, 0.05) is 29.4 Å². The minimum atomic E-state index is 0.536. The molecule has 2 aromatic rings. The normalized spacial score (nSPS) is 19.3. The van der Waals surface area contributed by atoms with E-state index in [-0.39, 0.29) is 0 Å². The quantitative estimate of drug-likeness (QED) is 0.848. The first-order valence-corrected chi connectivity index (χ1v) is 6.59. The van der Waals surface area contributed by atoms with Gasteiger partial charge in [-0.1, -0.05) is 18.2 Å². The zero-order chi connectivity index (χ0) is 12.5. The highest BCUT2D eigenvalue weighted by molar-refractivity contribution is 5.93. The predicted molar refractivity (Wildman–Crippen MR) is 76.1 cm³/mol. The van der Waals surface area contributed by atoms with Crippen molar-refractivity contribution in [1.82, 2.24) is 10.3 Å². The number of nitrogens with zero attached hydrogens (tertiary/aromatic N) is 1. The average molecular weight is 241 g/mol. The van der Waals surface area contributed by atoms with E-state index in [4.69, 9.17) is 0 Å². The predicted octanol–water partition coefficient (Wildman–Crippen LogP) is 2.63. The first-order chi connectivity index (χ1) is 8.75. The SMILES string of the molecule is Cc1nc2ccccc2c(NC2CCNC2)c1C. The molecule has 0 aliphatic carbocycles. The zero-order valence-electron chi connectivity index (χ0n) is 11.0. The molecule has 2 heterocycles. The minimum Gasteiger partial charge on any atom is -0.380 e. The fourth-order valence-electron chi connectivity index (χ4n) is 2.60. The third kappa shape index (κ3) is 1.95. The number of aromatic nitrogens is 1. The van der Waals surface area contributed by atoms with E-state index >= 15 is 0 Å². The summed E-state index contributed by atoms with van der Waals surface area (Å²) < 4.78 is 0. The third-order valence-corrected chi connectivity index (χ3v) is 3.79. The van der Waals surface area contributed by atoms with Crippen molar-refractivity contribution in [3.8, 4) is 0 Å². The Balaban J connectivity index is 2.09. The minimum absolute atomic E-state index is 0.536. The van der Waals surface area contributed by atoms with Gasteiger partial charge in [-0.3, -0.25) is 4.98 Å². The van der Waals surface area contributed by atoms with Gasteiger partial charge in [0.05, 0.1) is 5.52 Å². The number of rotatable bonds is 2. The van der Waals surface area contributed by atoms with E-state index in [0.29, 0.717) is 6.04 Å². The summed E-state index contributed by atoms with van der Waals surface area (Å²) in [6.45, 7) is 6.40. The number of aryl methyl sites for hydroxylation is 1. The topological polar surface area (TPSA) is 37.0 Å².